The number of rotatable bonds is 2. The summed E-state index contributed by atoms with van der Waals surface area (Å²) in [6, 6.07) is 16.8. The first-order valence-corrected chi connectivity index (χ1v) is 10.5. The van der Waals surface area contributed by atoms with E-state index in [2.05, 4.69) is 73.4 Å². The predicted octanol–water partition coefficient (Wildman–Crippen LogP) is 7.73. The number of nitrogens with zero attached hydrogens (tertiary/aromatic N) is 1. The molecule has 0 bridgehead atoms. The molecule has 0 saturated heterocycles. The van der Waals surface area contributed by atoms with Crippen LogP contribution >= 0.6 is 11.6 Å². The summed E-state index contributed by atoms with van der Waals surface area (Å²) in [6.45, 7) is 4.21. The lowest BCUT2D eigenvalue weighted by molar-refractivity contribution is 0.796. The lowest BCUT2D eigenvalue weighted by Crippen LogP contribution is -2.00. The van der Waals surface area contributed by atoms with E-state index in [9.17, 15) is 0 Å². The van der Waals surface area contributed by atoms with Gasteiger partial charge in [-0.3, -0.25) is 4.99 Å². The summed E-state index contributed by atoms with van der Waals surface area (Å²) in [5, 5.41) is 2.14. The molecule has 1 aromatic heterocycles. The van der Waals surface area contributed by atoms with E-state index in [0.29, 0.717) is 0 Å². The largest absolute Gasteiger partial charge is 0.358 e. The van der Waals surface area contributed by atoms with E-state index in [1.54, 1.807) is 0 Å². The third-order valence-electron chi connectivity index (χ3n) is 5.91. The summed E-state index contributed by atoms with van der Waals surface area (Å²) in [5.74, 6) is 0. The molecule has 0 unspecified atom stereocenters. The SMILES string of the molecule is CC1=Nc2ccccc2C1=CC1=C(Cl)C(=Cc2c(C)[nH]c3ccccc23)CCC1. The topological polar surface area (TPSA) is 28.1 Å². The van der Waals surface area contributed by atoms with Crippen LogP contribution in [0.5, 0.6) is 0 Å². The summed E-state index contributed by atoms with van der Waals surface area (Å²) in [7, 11) is 0. The molecular weight excluding hydrogens is 376 g/mol. The van der Waals surface area contributed by atoms with Gasteiger partial charge in [0.15, 0.2) is 0 Å². The number of aryl methyl sites for hydroxylation is 1. The van der Waals surface area contributed by atoms with Gasteiger partial charge in [-0.1, -0.05) is 48.0 Å². The average molecular weight is 399 g/mol. The zero-order valence-electron chi connectivity index (χ0n) is 16.7. The Labute approximate surface area is 176 Å². The quantitative estimate of drug-likeness (QED) is 0.457. The molecule has 0 saturated carbocycles. The number of benzene rings is 2. The van der Waals surface area contributed by atoms with Gasteiger partial charge in [0, 0.05) is 44.0 Å². The Hall–Kier alpha value is -2.84. The molecule has 0 radical (unpaired) electrons. The smallest absolute Gasteiger partial charge is 0.0712 e. The monoisotopic (exact) mass is 398 g/mol. The van der Waals surface area contributed by atoms with Crippen molar-refractivity contribution in [2.24, 2.45) is 4.99 Å². The van der Waals surface area contributed by atoms with Gasteiger partial charge in [0.25, 0.3) is 0 Å². The first-order chi connectivity index (χ1) is 14.1. The fraction of sp³-hybridized carbons (Fsp3) is 0.192. The van der Waals surface area contributed by atoms with E-state index in [0.717, 1.165) is 35.7 Å². The number of fused-ring (bicyclic) bond motifs is 2. The Morgan fingerprint density at radius 2 is 1.76 bits per heavy atom. The lowest BCUT2D eigenvalue weighted by Gasteiger charge is -2.18. The number of hydrogen-bond donors (Lipinski definition) is 1. The fourth-order valence-corrected chi connectivity index (χ4v) is 4.71. The Kier molecular flexibility index (Phi) is 4.52. The first-order valence-electron chi connectivity index (χ1n) is 10.2. The van der Waals surface area contributed by atoms with Crippen molar-refractivity contribution in [3.63, 3.8) is 0 Å². The molecule has 2 nitrogen and oxygen atoms in total. The first kappa shape index (κ1) is 18.2. The molecular formula is C26H23ClN2. The van der Waals surface area contributed by atoms with Crippen LogP contribution in [0, 0.1) is 6.92 Å². The van der Waals surface area contributed by atoms with Gasteiger partial charge in [0.2, 0.25) is 0 Å². The van der Waals surface area contributed by atoms with Crippen LogP contribution in [0.4, 0.5) is 5.69 Å². The van der Waals surface area contributed by atoms with Crippen LogP contribution in [0.2, 0.25) is 0 Å². The van der Waals surface area contributed by atoms with E-state index < -0.39 is 0 Å². The van der Waals surface area contributed by atoms with Crippen molar-refractivity contribution in [1.82, 2.24) is 4.98 Å². The molecule has 144 valence electrons. The maximum Gasteiger partial charge on any atom is 0.0712 e. The predicted molar refractivity (Wildman–Crippen MR) is 125 cm³/mol. The Balaban J connectivity index is 1.59. The number of aromatic amines is 1. The highest BCUT2D eigenvalue weighted by Gasteiger charge is 2.21. The van der Waals surface area contributed by atoms with E-state index in [1.807, 2.05) is 6.07 Å². The summed E-state index contributed by atoms with van der Waals surface area (Å²) in [5.41, 5.74) is 10.5. The molecule has 5 rings (SSSR count). The van der Waals surface area contributed by atoms with Crippen molar-refractivity contribution in [1.29, 1.82) is 0 Å². The van der Waals surface area contributed by atoms with Gasteiger partial charge in [0.1, 0.15) is 0 Å². The van der Waals surface area contributed by atoms with Gasteiger partial charge < -0.3 is 4.98 Å². The van der Waals surface area contributed by atoms with Crippen LogP contribution in [0.1, 0.15) is 43.0 Å². The van der Waals surface area contributed by atoms with Crippen LogP contribution in [0.15, 0.2) is 75.8 Å². The highest BCUT2D eigenvalue weighted by atomic mass is 35.5. The molecule has 0 spiro atoms. The zero-order chi connectivity index (χ0) is 20.0. The van der Waals surface area contributed by atoms with Gasteiger partial charge in [-0.15, -0.1) is 0 Å². The van der Waals surface area contributed by atoms with E-state index in [-0.39, 0.29) is 0 Å². The minimum absolute atomic E-state index is 0.894. The molecule has 3 aromatic rings. The number of aliphatic imine (C=N–C) groups is 1. The summed E-state index contributed by atoms with van der Waals surface area (Å²) >= 11 is 6.94. The number of aromatic nitrogens is 1. The fourth-order valence-electron chi connectivity index (χ4n) is 4.42. The van der Waals surface area contributed by atoms with Crippen molar-refractivity contribution in [3.8, 4) is 0 Å². The minimum Gasteiger partial charge on any atom is -0.358 e. The van der Waals surface area contributed by atoms with Crippen molar-refractivity contribution >= 4 is 45.6 Å². The van der Waals surface area contributed by atoms with Crippen LogP contribution in [0.25, 0.3) is 22.6 Å². The maximum absolute atomic E-state index is 6.94. The van der Waals surface area contributed by atoms with Crippen molar-refractivity contribution < 1.29 is 0 Å². The molecule has 2 aliphatic rings. The molecule has 3 heteroatoms. The molecule has 1 aliphatic carbocycles. The number of H-pyrrole nitrogens is 1. The van der Waals surface area contributed by atoms with Crippen LogP contribution in [0.3, 0.4) is 0 Å². The van der Waals surface area contributed by atoms with Gasteiger partial charge >= 0.3 is 0 Å². The van der Waals surface area contributed by atoms with E-state index >= 15 is 0 Å². The molecule has 0 amide bonds. The Morgan fingerprint density at radius 3 is 2.66 bits per heavy atom. The highest BCUT2D eigenvalue weighted by molar-refractivity contribution is 6.34. The summed E-state index contributed by atoms with van der Waals surface area (Å²) < 4.78 is 0. The van der Waals surface area contributed by atoms with E-state index in [4.69, 9.17) is 16.6 Å². The second-order valence-electron chi connectivity index (χ2n) is 7.84. The van der Waals surface area contributed by atoms with Gasteiger partial charge in [-0.2, -0.15) is 0 Å². The number of allylic oxidation sites excluding steroid dienone is 5. The normalized spacial score (nSPS) is 19.3. The molecule has 0 atom stereocenters. The van der Waals surface area contributed by atoms with Crippen molar-refractivity contribution in [2.45, 2.75) is 33.1 Å². The number of halogens is 1. The number of nitrogens with one attached hydrogen (secondary N) is 1. The average Bonchev–Trinajstić information content (AvgIpc) is 3.21. The van der Waals surface area contributed by atoms with Gasteiger partial charge in [-0.05, 0) is 68.5 Å². The summed E-state index contributed by atoms with van der Waals surface area (Å²) in [4.78, 5) is 8.20. The molecule has 29 heavy (non-hydrogen) atoms. The van der Waals surface area contributed by atoms with E-state index in [1.165, 1.54) is 44.4 Å². The maximum atomic E-state index is 6.94. The van der Waals surface area contributed by atoms with Crippen molar-refractivity contribution in [3.05, 3.63) is 87.6 Å². The number of hydrogen-bond acceptors (Lipinski definition) is 1. The standard InChI is InChI=1S/C26H23ClN2/c1-16-22(20-10-3-5-12-24(20)28-16)14-18-8-7-9-19(26(18)27)15-23-17(2)29-25-13-6-4-11-21(23)25/h3-6,10-15,28H,7-9H2,1-2H3. The third-order valence-corrected chi connectivity index (χ3v) is 6.39. The van der Waals surface area contributed by atoms with Crippen molar-refractivity contribution in [2.75, 3.05) is 0 Å². The number of para-hydroxylation sites is 2. The van der Waals surface area contributed by atoms with Gasteiger partial charge in [-0.25, -0.2) is 0 Å². The van der Waals surface area contributed by atoms with Crippen LogP contribution in [-0.2, 0) is 0 Å². The Morgan fingerprint density at radius 1 is 0.966 bits per heavy atom. The van der Waals surface area contributed by atoms with Crippen LogP contribution in [-0.4, -0.2) is 10.7 Å². The third kappa shape index (κ3) is 3.18. The van der Waals surface area contributed by atoms with Crippen LogP contribution < -0.4 is 0 Å². The minimum atomic E-state index is 0.894. The molecule has 0 fully saturated rings. The lowest BCUT2D eigenvalue weighted by atomic mass is 9.90. The second-order valence-corrected chi connectivity index (χ2v) is 8.22. The van der Waals surface area contributed by atoms with Gasteiger partial charge in [0.05, 0.1) is 5.69 Å². The Bertz CT molecular complexity index is 1250. The molecule has 2 aromatic carbocycles. The highest BCUT2D eigenvalue weighted by Crippen LogP contribution is 2.40. The molecule has 1 aliphatic heterocycles. The second kappa shape index (κ2) is 7.20. The summed E-state index contributed by atoms with van der Waals surface area (Å²) in [6.07, 6.45) is 7.65. The molecule has 1 N–H and O–H groups in total. The zero-order valence-corrected chi connectivity index (χ0v) is 17.5. The molecule has 2 heterocycles.